The number of rotatable bonds is 6. The monoisotopic (exact) mass is 406 g/mol. The van der Waals surface area contributed by atoms with Gasteiger partial charge in [0.2, 0.25) is 0 Å². The van der Waals surface area contributed by atoms with Crippen molar-refractivity contribution in [3.8, 4) is 11.7 Å². The van der Waals surface area contributed by atoms with Crippen LogP contribution in [0.3, 0.4) is 0 Å². The van der Waals surface area contributed by atoms with Crippen LogP contribution in [0.2, 0.25) is 0 Å². The van der Waals surface area contributed by atoms with E-state index >= 15 is 0 Å². The Morgan fingerprint density at radius 1 is 1.20 bits per heavy atom. The Morgan fingerprint density at radius 3 is 2.67 bits per heavy atom. The van der Waals surface area contributed by atoms with Gasteiger partial charge in [-0.2, -0.15) is 5.10 Å². The molecule has 0 aliphatic carbocycles. The summed E-state index contributed by atoms with van der Waals surface area (Å²) in [5, 5.41) is 4.28. The molecule has 2 aromatic heterocycles. The highest BCUT2D eigenvalue weighted by molar-refractivity contribution is 6.02. The van der Waals surface area contributed by atoms with E-state index < -0.39 is 0 Å². The van der Waals surface area contributed by atoms with Gasteiger partial charge in [0.15, 0.2) is 12.4 Å². The van der Waals surface area contributed by atoms with Crippen molar-refractivity contribution < 1.29 is 14.3 Å². The third kappa shape index (κ3) is 4.00. The van der Waals surface area contributed by atoms with Crippen LogP contribution in [0, 0.1) is 12.8 Å². The summed E-state index contributed by atoms with van der Waals surface area (Å²) in [6.07, 6.45) is 5.15. The molecule has 0 spiro atoms. The zero-order valence-corrected chi connectivity index (χ0v) is 16.6. The Hall–Kier alpha value is -3.75. The molecule has 0 saturated carbocycles. The predicted molar refractivity (Wildman–Crippen MR) is 109 cm³/mol. The van der Waals surface area contributed by atoms with Gasteiger partial charge in [0.1, 0.15) is 5.82 Å². The van der Waals surface area contributed by atoms with E-state index in [1.54, 1.807) is 28.0 Å². The molecule has 3 aromatic rings. The first kappa shape index (κ1) is 19.6. The van der Waals surface area contributed by atoms with Crippen LogP contribution in [0.5, 0.6) is 6.01 Å². The maximum absolute atomic E-state index is 13.0. The number of ether oxygens (including phenoxy) is 1. The number of nitrogen functional groups attached to an aromatic ring is 1. The second-order valence-corrected chi connectivity index (χ2v) is 7.20. The van der Waals surface area contributed by atoms with E-state index in [1.807, 2.05) is 31.2 Å². The average molecular weight is 406 g/mol. The number of benzene rings is 1. The smallest absolute Gasteiger partial charge is 0.316 e. The largest absolute Gasteiger partial charge is 0.453 e. The number of hydrogen-bond donors (Lipinski definition) is 1. The minimum absolute atomic E-state index is 0.103. The zero-order valence-electron chi connectivity index (χ0n) is 16.6. The first-order valence-electron chi connectivity index (χ1n) is 9.65. The molecular formula is C21H22N6O3. The molecule has 0 bridgehead atoms. The molecule has 1 atom stereocenters. The van der Waals surface area contributed by atoms with Crippen molar-refractivity contribution in [2.75, 3.05) is 25.4 Å². The normalized spacial score (nSPS) is 15.9. The molecule has 3 heterocycles. The number of likely N-dealkylation sites (tertiary alicyclic amines) is 1. The molecule has 9 nitrogen and oxygen atoms in total. The molecule has 1 aliphatic rings. The topological polar surface area (TPSA) is 116 Å². The first-order chi connectivity index (χ1) is 14.5. The van der Waals surface area contributed by atoms with E-state index in [0.29, 0.717) is 30.9 Å². The van der Waals surface area contributed by atoms with Crippen LogP contribution in [-0.4, -0.2) is 56.0 Å². The minimum atomic E-state index is -0.320. The van der Waals surface area contributed by atoms with Crippen LogP contribution < -0.4 is 10.5 Å². The van der Waals surface area contributed by atoms with Gasteiger partial charge in [-0.1, -0.05) is 17.7 Å². The molecular weight excluding hydrogens is 384 g/mol. The van der Waals surface area contributed by atoms with E-state index in [1.165, 1.54) is 6.20 Å². The van der Waals surface area contributed by atoms with E-state index in [0.717, 1.165) is 11.3 Å². The van der Waals surface area contributed by atoms with Crippen LogP contribution >= 0.6 is 0 Å². The lowest BCUT2D eigenvalue weighted by atomic mass is 9.98. The molecule has 1 fully saturated rings. The molecule has 1 unspecified atom stereocenters. The molecule has 9 heteroatoms. The number of ketones is 1. The van der Waals surface area contributed by atoms with Gasteiger partial charge in [0, 0.05) is 31.4 Å². The summed E-state index contributed by atoms with van der Waals surface area (Å²) in [5.41, 5.74) is 8.51. The lowest BCUT2D eigenvalue weighted by Gasteiger charge is -2.16. The molecule has 1 amide bonds. The SMILES string of the molecule is Cc1ccc(-n2ncc(C(=O)C3CCN(C(=O)COc4ncccn4)C3)c2N)cc1. The van der Waals surface area contributed by atoms with Gasteiger partial charge in [0.05, 0.1) is 17.4 Å². The molecule has 1 saturated heterocycles. The average Bonchev–Trinajstić information content (AvgIpc) is 3.40. The van der Waals surface area contributed by atoms with E-state index in [9.17, 15) is 9.59 Å². The first-order valence-corrected chi connectivity index (χ1v) is 9.65. The second-order valence-electron chi connectivity index (χ2n) is 7.20. The van der Waals surface area contributed by atoms with Crippen molar-refractivity contribution in [2.24, 2.45) is 5.92 Å². The maximum Gasteiger partial charge on any atom is 0.316 e. The summed E-state index contributed by atoms with van der Waals surface area (Å²) < 4.78 is 6.86. The lowest BCUT2D eigenvalue weighted by molar-refractivity contribution is -0.132. The van der Waals surface area contributed by atoms with Crippen LogP contribution in [-0.2, 0) is 4.79 Å². The van der Waals surface area contributed by atoms with Gasteiger partial charge in [-0.3, -0.25) is 9.59 Å². The number of aryl methyl sites for hydroxylation is 1. The Morgan fingerprint density at radius 2 is 1.93 bits per heavy atom. The molecule has 154 valence electrons. The van der Waals surface area contributed by atoms with Gasteiger partial charge in [-0.05, 0) is 31.5 Å². The van der Waals surface area contributed by atoms with Gasteiger partial charge < -0.3 is 15.4 Å². The molecule has 2 N–H and O–H groups in total. The van der Waals surface area contributed by atoms with E-state index in [-0.39, 0.29) is 30.2 Å². The number of anilines is 1. The predicted octanol–water partition coefficient (Wildman–Crippen LogP) is 1.66. The Balaban J connectivity index is 1.39. The van der Waals surface area contributed by atoms with Crippen molar-refractivity contribution in [3.63, 3.8) is 0 Å². The molecule has 0 radical (unpaired) electrons. The van der Waals surface area contributed by atoms with Gasteiger partial charge in [-0.15, -0.1) is 0 Å². The summed E-state index contributed by atoms with van der Waals surface area (Å²) in [6, 6.07) is 9.53. The Kier molecular flexibility index (Phi) is 5.42. The van der Waals surface area contributed by atoms with Gasteiger partial charge in [0.25, 0.3) is 5.91 Å². The van der Waals surface area contributed by atoms with Gasteiger partial charge in [-0.25, -0.2) is 14.6 Å². The summed E-state index contributed by atoms with van der Waals surface area (Å²) in [5.74, 6) is -0.326. The van der Waals surface area contributed by atoms with Crippen molar-refractivity contribution in [3.05, 3.63) is 60.0 Å². The maximum atomic E-state index is 13.0. The van der Waals surface area contributed by atoms with Crippen molar-refractivity contribution in [1.29, 1.82) is 0 Å². The number of amides is 1. The van der Waals surface area contributed by atoms with Crippen LogP contribution in [0.25, 0.3) is 5.69 Å². The third-order valence-electron chi connectivity index (χ3n) is 5.13. The molecule has 1 aromatic carbocycles. The number of carbonyl (C=O) groups excluding carboxylic acids is 2. The molecule has 1 aliphatic heterocycles. The number of Topliss-reactive ketones (excluding diaryl/α,β-unsaturated/α-hetero) is 1. The highest BCUT2D eigenvalue weighted by Crippen LogP contribution is 2.25. The Bertz CT molecular complexity index is 1050. The summed E-state index contributed by atoms with van der Waals surface area (Å²) in [7, 11) is 0. The number of hydrogen-bond acceptors (Lipinski definition) is 7. The van der Waals surface area contributed by atoms with Crippen molar-refractivity contribution >= 4 is 17.5 Å². The minimum Gasteiger partial charge on any atom is -0.453 e. The summed E-state index contributed by atoms with van der Waals surface area (Å²) >= 11 is 0. The summed E-state index contributed by atoms with van der Waals surface area (Å²) in [6.45, 7) is 2.64. The third-order valence-corrected chi connectivity index (χ3v) is 5.13. The lowest BCUT2D eigenvalue weighted by Crippen LogP contribution is -2.34. The number of nitrogens with zero attached hydrogens (tertiary/aromatic N) is 5. The Labute approximate surface area is 173 Å². The quantitative estimate of drug-likeness (QED) is 0.619. The standard InChI is InChI=1S/C21H22N6O3/c1-14-3-5-16(6-4-14)27-20(22)17(11-25-27)19(29)15-7-10-26(12-15)18(28)13-30-21-23-8-2-9-24-21/h2-6,8-9,11,15H,7,10,12-13,22H2,1H3. The highest BCUT2D eigenvalue weighted by Gasteiger charge is 2.33. The van der Waals surface area contributed by atoms with Gasteiger partial charge >= 0.3 is 6.01 Å². The molecule has 4 rings (SSSR count). The van der Waals surface area contributed by atoms with Crippen molar-refractivity contribution in [2.45, 2.75) is 13.3 Å². The van der Waals surface area contributed by atoms with Crippen molar-refractivity contribution in [1.82, 2.24) is 24.6 Å². The van der Waals surface area contributed by atoms with E-state index in [4.69, 9.17) is 10.5 Å². The fourth-order valence-corrected chi connectivity index (χ4v) is 3.44. The highest BCUT2D eigenvalue weighted by atomic mass is 16.5. The van der Waals surface area contributed by atoms with E-state index in [2.05, 4.69) is 15.1 Å². The van der Waals surface area contributed by atoms with Crippen LogP contribution in [0.4, 0.5) is 5.82 Å². The fraction of sp³-hybridized carbons (Fsp3) is 0.286. The second kappa shape index (κ2) is 8.32. The summed E-state index contributed by atoms with van der Waals surface area (Å²) in [4.78, 5) is 34.8. The van der Waals surface area contributed by atoms with Crippen LogP contribution in [0.15, 0.2) is 48.9 Å². The molecule has 30 heavy (non-hydrogen) atoms. The fourth-order valence-electron chi connectivity index (χ4n) is 3.44. The number of aromatic nitrogens is 4. The number of carbonyl (C=O) groups is 2. The van der Waals surface area contributed by atoms with Crippen LogP contribution in [0.1, 0.15) is 22.3 Å². The zero-order chi connectivity index (χ0) is 21.1. The number of nitrogens with two attached hydrogens (primary N) is 1.